The molecule has 1 aromatic heterocycles. The molecule has 0 radical (unpaired) electrons. The number of amides is 3. The Morgan fingerprint density at radius 1 is 1.23 bits per heavy atom. The van der Waals surface area contributed by atoms with E-state index < -0.39 is 47.8 Å². The van der Waals surface area contributed by atoms with E-state index in [0.29, 0.717) is 0 Å². The molecule has 2 aromatic rings. The Kier molecular flexibility index (Phi) is 8.87. The van der Waals surface area contributed by atoms with Crippen LogP contribution in [0.25, 0.3) is 11.5 Å². The molecule has 3 amide bonds. The number of halogens is 2. The van der Waals surface area contributed by atoms with Gasteiger partial charge in [-0.25, -0.2) is 14.6 Å². The fraction of sp³-hybridized carbons (Fsp3) is 0.520. The van der Waals surface area contributed by atoms with Crippen molar-refractivity contribution in [2.24, 2.45) is 0 Å². The maximum absolute atomic E-state index is 13.6. The number of alkyl carbamates (subject to hydrolysis) is 1. The van der Waals surface area contributed by atoms with E-state index in [0.717, 1.165) is 12.1 Å². The molecule has 1 aromatic carbocycles. The van der Waals surface area contributed by atoms with E-state index in [1.54, 1.807) is 34.6 Å². The van der Waals surface area contributed by atoms with Crippen molar-refractivity contribution in [3.05, 3.63) is 29.7 Å². The van der Waals surface area contributed by atoms with Crippen molar-refractivity contribution in [3.63, 3.8) is 0 Å². The van der Waals surface area contributed by atoms with Gasteiger partial charge in [0, 0.05) is 31.2 Å². The van der Waals surface area contributed by atoms with Crippen LogP contribution in [0.15, 0.2) is 22.6 Å². The van der Waals surface area contributed by atoms with Gasteiger partial charge in [0.05, 0.1) is 13.2 Å². The molecule has 0 aliphatic carbocycles. The summed E-state index contributed by atoms with van der Waals surface area (Å²) in [5, 5.41) is 12.7. The lowest BCUT2D eigenvalue weighted by Gasteiger charge is -2.38. The summed E-state index contributed by atoms with van der Waals surface area (Å²) in [7, 11) is 1.28. The highest BCUT2D eigenvalue weighted by atomic mass is 19.3. The lowest BCUT2D eigenvalue weighted by Crippen LogP contribution is -2.55. The van der Waals surface area contributed by atoms with E-state index in [4.69, 9.17) is 13.9 Å². The van der Waals surface area contributed by atoms with Crippen LogP contribution in [0.2, 0.25) is 0 Å². The lowest BCUT2D eigenvalue weighted by molar-refractivity contribution is -0.0512. The fourth-order valence-corrected chi connectivity index (χ4v) is 3.98. The number of phenols is 1. The number of carbonyl (C=O) groups is 3. The standard InChI is InChI=1S/C25H32F2N4O8/c1-13-12-30(9-10-31(13)24(35)36-6)21(33)18-19(14(2)28-23(34)39-25(3,4)5)38-20(29-18)15-7-8-17(16(32)11-15)37-22(26)27/h7-8,11,13-14,22,32H,9-10,12H2,1-6H3,(H,28,34)/t13?,14-/m0/s1. The van der Waals surface area contributed by atoms with Crippen LogP contribution in [-0.2, 0) is 9.47 Å². The van der Waals surface area contributed by atoms with Crippen molar-refractivity contribution in [3.8, 4) is 23.0 Å². The minimum Gasteiger partial charge on any atom is -0.504 e. The number of rotatable bonds is 6. The van der Waals surface area contributed by atoms with E-state index in [1.807, 2.05) is 0 Å². The van der Waals surface area contributed by atoms with E-state index >= 15 is 0 Å². The number of methoxy groups -OCH3 is 1. The Morgan fingerprint density at radius 3 is 2.49 bits per heavy atom. The first-order chi connectivity index (χ1) is 18.2. The van der Waals surface area contributed by atoms with Crippen LogP contribution >= 0.6 is 0 Å². The van der Waals surface area contributed by atoms with E-state index in [9.17, 15) is 28.3 Å². The second-order valence-electron chi connectivity index (χ2n) is 9.92. The highest BCUT2D eigenvalue weighted by Gasteiger charge is 2.35. The van der Waals surface area contributed by atoms with Gasteiger partial charge in [-0.05, 0) is 52.8 Å². The van der Waals surface area contributed by atoms with Crippen LogP contribution in [0.5, 0.6) is 11.5 Å². The number of hydrogen-bond donors (Lipinski definition) is 2. The second kappa shape index (κ2) is 11.7. The van der Waals surface area contributed by atoms with Crippen molar-refractivity contribution in [2.45, 2.75) is 58.9 Å². The highest BCUT2D eigenvalue weighted by Crippen LogP contribution is 2.34. The van der Waals surface area contributed by atoms with Crippen LogP contribution < -0.4 is 10.1 Å². The molecular weight excluding hydrogens is 522 g/mol. The van der Waals surface area contributed by atoms with Crippen molar-refractivity contribution >= 4 is 18.1 Å². The van der Waals surface area contributed by atoms with Gasteiger partial charge in [0.1, 0.15) is 5.60 Å². The van der Waals surface area contributed by atoms with Gasteiger partial charge in [-0.1, -0.05) is 0 Å². The smallest absolute Gasteiger partial charge is 0.409 e. The number of aromatic nitrogens is 1. The number of hydrogen-bond acceptors (Lipinski definition) is 9. The summed E-state index contributed by atoms with van der Waals surface area (Å²) in [5.41, 5.74) is -0.716. The summed E-state index contributed by atoms with van der Waals surface area (Å²) in [6, 6.07) is 2.32. The number of oxazole rings is 1. The van der Waals surface area contributed by atoms with E-state index in [2.05, 4.69) is 15.0 Å². The van der Waals surface area contributed by atoms with Crippen LogP contribution in [0, 0.1) is 0 Å². The number of aromatic hydroxyl groups is 1. The molecule has 1 aliphatic rings. The zero-order chi connectivity index (χ0) is 29.1. The van der Waals surface area contributed by atoms with Crippen molar-refractivity contribution in [1.29, 1.82) is 0 Å². The zero-order valence-corrected chi connectivity index (χ0v) is 22.5. The van der Waals surface area contributed by atoms with Gasteiger partial charge in [0.15, 0.2) is 23.0 Å². The molecule has 0 spiro atoms. The van der Waals surface area contributed by atoms with E-state index in [1.165, 1.54) is 23.0 Å². The Labute approximate surface area is 223 Å². The van der Waals surface area contributed by atoms with Gasteiger partial charge in [0.2, 0.25) is 5.89 Å². The van der Waals surface area contributed by atoms with E-state index in [-0.39, 0.29) is 48.6 Å². The average molecular weight is 555 g/mol. The lowest BCUT2D eigenvalue weighted by atomic mass is 10.1. The normalized spacial score (nSPS) is 16.6. The van der Waals surface area contributed by atoms with Gasteiger partial charge in [0.25, 0.3) is 5.91 Å². The third kappa shape index (κ3) is 7.27. The Balaban J connectivity index is 1.94. The summed E-state index contributed by atoms with van der Waals surface area (Å²) in [5.74, 6) is -1.65. The number of ether oxygens (including phenoxy) is 3. The fourth-order valence-electron chi connectivity index (χ4n) is 3.98. The summed E-state index contributed by atoms with van der Waals surface area (Å²) < 4.78 is 45.4. The van der Waals surface area contributed by atoms with Crippen LogP contribution in [0.3, 0.4) is 0 Å². The highest BCUT2D eigenvalue weighted by molar-refractivity contribution is 5.94. The van der Waals surface area contributed by atoms with Crippen LogP contribution in [0.4, 0.5) is 18.4 Å². The third-order valence-corrected chi connectivity index (χ3v) is 5.73. The van der Waals surface area contributed by atoms with Gasteiger partial charge >= 0.3 is 18.8 Å². The number of phenolic OH excluding ortho intramolecular Hbond substituents is 1. The average Bonchev–Trinajstić information content (AvgIpc) is 3.28. The molecule has 0 bridgehead atoms. The Hall–Kier alpha value is -4.10. The van der Waals surface area contributed by atoms with Gasteiger partial charge in [-0.3, -0.25) is 4.79 Å². The predicted octanol–water partition coefficient (Wildman–Crippen LogP) is 4.15. The molecular formula is C25H32F2N4O8. The number of carbonyl (C=O) groups excluding carboxylic acids is 3. The zero-order valence-electron chi connectivity index (χ0n) is 22.5. The maximum atomic E-state index is 13.6. The Bertz CT molecular complexity index is 1210. The molecule has 2 atom stereocenters. The molecule has 2 N–H and O–H groups in total. The van der Waals surface area contributed by atoms with Crippen LogP contribution in [0.1, 0.15) is 56.9 Å². The molecule has 3 rings (SSSR count). The molecule has 214 valence electrons. The molecule has 2 heterocycles. The Morgan fingerprint density at radius 2 is 1.92 bits per heavy atom. The minimum absolute atomic E-state index is 0.0105. The number of nitrogens with one attached hydrogen (secondary N) is 1. The molecule has 1 aliphatic heterocycles. The van der Waals surface area contributed by atoms with Gasteiger partial charge in [-0.15, -0.1) is 0 Å². The first-order valence-electron chi connectivity index (χ1n) is 12.1. The summed E-state index contributed by atoms with van der Waals surface area (Å²) in [6.45, 7) is 5.89. The molecule has 1 saturated heterocycles. The third-order valence-electron chi connectivity index (χ3n) is 5.73. The SMILES string of the molecule is COC(=O)N1CCN(C(=O)c2nc(-c3ccc(OC(F)F)c(O)c3)oc2[C@H](C)NC(=O)OC(C)(C)C)CC1C. The molecule has 1 unspecified atom stereocenters. The molecule has 14 heteroatoms. The van der Waals surface area contributed by atoms with Crippen LogP contribution in [-0.4, -0.2) is 83.0 Å². The molecule has 1 fully saturated rings. The minimum atomic E-state index is -3.14. The summed E-state index contributed by atoms with van der Waals surface area (Å²) >= 11 is 0. The second-order valence-corrected chi connectivity index (χ2v) is 9.92. The van der Waals surface area contributed by atoms with Crippen molar-refractivity contribution in [1.82, 2.24) is 20.1 Å². The first-order valence-corrected chi connectivity index (χ1v) is 12.1. The van der Waals surface area contributed by atoms with Crippen molar-refractivity contribution in [2.75, 3.05) is 26.7 Å². The number of piperazine rings is 1. The quantitative estimate of drug-likeness (QED) is 0.538. The largest absolute Gasteiger partial charge is 0.504 e. The number of nitrogens with zero attached hydrogens (tertiary/aromatic N) is 3. The number of alkyl halides is 2. The summed E-state index contributed by atoms with van der Waals surface area (Å²) in [6.07, 6.45) is -1.26. The van der Waals surface area contributed by atoms with Crippen molar-refractivity contribution < 1.29 is 46.9 Å². The first kappa shape index (κ1) is 29.5. The molecule has 0 saturated carbocycles. The maximum Gasteiger partial charge on any atom is 0.409 e. The molecule has 12 nitrogen and oxygen atoms in total. The monoisotopic (exact) mass is 554 g/mol. The topological polar surface area (TPSA) is 144 Å². The molecule has 39 heavy (non-hydrogen) atoms. The summed E-state index contributed by atoms with van der Waals surface area (Å²) in [4.78, 5) is 45.3. The number of benzene rings is 1. The van der Waals surface area contributed by atoms with Gasteiger partial charge < -0.3 is 38.9 Å². The predicted molar refractivity (Wildman–Crippen MR) is 132 cm³/mol. The van der Waals surface area contributed by atoms with Gasteiger partial charge in [-0.2, -0.15) is 8.78 Å².